The molecule has 1 N–H and O–H groups in total. The Labute approximate surface area is 135 Å². The van der Waals surface area contributed by atoms with Crippen molar-refractivity contribution in [1.82, 2.24) is 4.72 Å². The Morgan fingerprint density at radius 1 is 1.05 bits per heavy atom. The standard InChI is InChI=1S/C17H29NO3S/c1-4-6-8-9-15(3)18-22(19,20)17-12-10-16(11-13-17)21-14-7-5-2/h10-13,15,18H,4-9,14H2,1-3H3. The smallest absolute Gasteiger partial charge is 0.240 e. The van der Waals surface area contributed by atoms with Gasteiger partial charge in [-0.25, -0.2) is 13.1 Å². The van der Waals surface area contributed by atoms with E-state index < -0.39 is 10.0 Å². The summed E-state index contributed by atoms with van der Waals surface area (Å²) >= 11 is 0. The van der Waals surface area contributed by atoms with Gasteiger partial charge in [0.15, 0.2) is 0 Å². The van der Waals surface area contributed by atoms with Crippen molar-refractivity contribution in [1.29, 1.82) is 0 Å². The second-order valence-corrected chi connectivity index (χ2v) is 7.41. The summed E-state index contributed by atoms with van der Waals surface area (Å²) in [6.07, 6.45) is 6.26. The lowest BCUT2D eigenvalue weighted by Gasteiger charge is -2.14. The van der Waals surface area contributed by atoms with E-state index in [1.807, 2.05) is 6.92 Å². The Bertz CT molecular complexity index is 511. The number of nitrogens with one attached hydrogen (secondary N) is 1. The lowest BCUT2D eigenvalue weighted by atomic mass is 10.1. The van der Waals surface area contributed by atoms with E-state index in [1.54, 1.807) is 24.3 Å². The van der Waals surface area contributed by atoms with Crippen molar-refractivity contribution in [2.75, 3.05) is 6.61 Å². The van der Waals surface area contributed by atoms with Crippen LogP contribution in [0, 0.1) is 0 Å². The van der Waals surface area contributed by atoms with E-state index in [1.165, 1.54) is 0 Å². The molecule has 0 saturated heterocycles. The van der Waals surface area contributed by atoms with Crippen LogP contribution in [0.3, 0.4) is 0 Å². The van der Waals surface area contributed by atoms with E-state index >= 15 is 0 Å². The first-order chi connectivity index (χ1) is 10.5. The Balaban J connectivity index is 2.57. The number of hydrogen-bond acceptors (Lipinski definition) is 3. The molecule has 0 aliphatic heterocycles. The molecule has 1 aromatic carbocycles. The highest BCUT2D eigenvalue weighted by Gasteiger charge is 2.17. The number of unbranched alkanes of at least 4 members (excludes halogenated alkanes) is 3. The monoisotopic (exact) mass is 327 g/mol. The van der Waals surface area contributed by atoms with Crippen LogP contribution in [0.25, 0.3) is 0 Å². The van der Waals surface area contributed by atoms with Crippen LogP contribution in [0.2, 0.25) is 0 Å². The maximum absolute atomic E-state index is 12.3. The molecule has 1 rings (SSSR count). The van der Waals surface area contributed by atoms with E-state index in [-0.39, 0.29) is 10.9 Å². The molecule has 0 radical (unpaired) electrons. The van der Waals surface area contributed by atoms with Crippen LogP contribution >= 0.6 is 0 Å². The van der Waals surface area contributed by atoms with Gasteiger partial charge < -0.3 is 4.74 Å². The predicted molar refractivity (Wildman–Crippen MR) is 90.8 cm³/mol. The van der Waals surface area contributed by atoms with Gasteiger partial charge in [0.1, 0.15) is 5.75 Å². The molecule has 0 aromatic heterocycles. The highest BCUT2D eigenvalue weighted by molar-refractivity contribution is 7.89. The zero-order valence-electron chi connectivity index (χ0n) is 14.0. The molecular weight excluding hydrogens is 298 g/mol. The molecule has 1 unspecified atom stereocenters. The average molecular weight is 327 g/mol. The molecule has 0 heterocycles. The second-order valence-electron chi connectivity index (χ2n) is 5.69. The Kier molecular flexibility index (Phi) is 8.49. The summed E-state index contributed by atoms with van der Waals surface area (Å²) in [6.45, 7) is 6.82. The van der Waals surface area contributed by atoms with Gasteiger partial charge in [0, 0.05) is 6.04 Å². The molecule has 126 valence electrons. The second kappa shape index (κ2) is 9.85. The minimum Gasteiger partial charge on any atom is -0.494 e. The van der Waals surface area contributed by atoms with E-state index in [4.69, 9.17) is 4.74 Å². The highest BCUT2D eigenvalue weighted by Crippen LogP contribution is 2.17. The third-order valence-electron chi connectivity index (χ3n) is 3.50. The third-order valence-corrected chi connectivity index (χ3v) is 5.10. The molecule has 0 bridgehead atoms. The fraction of sp³-hybridized carbons (Fsp3) is 0.647. The fourth-order valence-corrected chi connectivity index (χ4v) is 3.42. The van der Waals surface area contributed by atoms with E-state index in [2.05, 4.69) is 18.6 Å². The van der Waals surface area contributed by atoms with Crippen LogP contribution in [0.5, 0.6) is 5.75 Å². The topological polar surface area (TPSA) is 55.4 Å². The molecule has 0 spiro atoms. The van der Waals surface area contributed by atoms with Crippen molar-refractivity contribution >= 4 is 10.0 Å². The van der Waals surface area contributed by atoms with Gasteiger partial charge >= 0.3 is 0 Å². The van der Waals surface area contributed by atoms with Gasteiger partial charge in [-0.2, -0.15) is 0 Å². The number of benzene rings is 1. The maximum Gasteiger partial charge on any atom is 0.240 e. The van der Waals surface area contributed by atoms with Crippen molar-refractivity contribution < 1.29 is 13.2 Å². The maximum atomic E-state index is 12.3. The number of ether oxygens (including phenoxy) is 1. The van der Waals surface area contributed by atoms with Gasteiger partial charge in [-0.05, 0) is 44.0 Å². The van der Waals surface area contributed by atoms with Crippen LogP contribution in [-0.4, -0.2) is 21.1 Å². The summed E-state index contributed by atoms with van der Waals surface area (Å²) in [5.41, 5.74) is 0. The van der Waals surface area contributed by atoms with Crippen molar-refractivity contribution in [2.24, 2.45) is 0 Å². The average Bonchev–Trinajstić information content (AvgIpc) is 2.48. The minimum absolute atomic E-state index is 0.0444. The van der Waals surface area contributed by atoms with Gasteiger partial charge in [0.2, 0.25) is 10.0 Å². The molecule has 1 atom stereocenters. The predicted octanol–water partition coefficient (Wildman–Crippen LogP) is 4.11. The van der Waals surface area contributed by atoms with Gasteiger partial charge in [0.25, 0.3) is 0 Å². The molecule has 0 aliphatic carbocycles. The fourth-order valence-electron chi connectivity index (χ4n) is 2.14. The molecule has 4 nitrogen and oxygen atoms in total. The van der Waals surface area contributed by atoms with Gasteiger partial charge in [-0.1, -0.05) is 39.5 Å². The van der Waals surface area contributed by atoms with Gasteiger partial charge in [0.05, 0.1) is 11.5 Å². The van der Waals surface area contributed by atoms with Crippen LogP contribution in [0.1, 0.15) is 59.3 Å². The molecule has 0 aliphatic rings. The van der Waals surface area contributed by atoms with E-state index in [0.29, 0.717) is 12.4 Å². The zero-order valence-corrected chi connectivity index (χ0v) is 14.8. The molecular formula is C17H29NO3S. The molecule has 0 fully saturated rings. The lowest BCUT2D eigenvalue weighted by molar-refractivity contribution is 0.309. The number of sulfonamides is 1. The summed E-state index contributed by atoms with van der Waals surface area (Å²) < 4.78 is 32.9. The molecule has 0 saturated carbocycles. The largest absolute Gasteiger partial charge is 0.494 e. The summed E-state index contributed by atoms with van der Waals surface area (Å²) in [5, 5.41) is 0. The Hall–Kier alpha value is -1.07. The van der Waals surface area contributed by atoms with Crippen LogP contribution in [0.15, 0.2) is 29.2 Å². The highest BCUT2D eigenvalue weighted by atomic mass is 32.2. The van der Waals surface area contributed by atoms with E-state index in [0.717, 1.165) is 38.5 Å². The molecule has 0 amide bonds. The minimum atomic E-state index is -3.44. The molecule has 1 aromatic rings. The first kappa shape index (κ1) is 19.0. The van der Waals surface area contributed by atoms with Gasteiger partial charge in [-0.3, -0.25) is 0 Å². The summed E-state index contributed by atoms with van der Waals surface area (Å²) in [5.74, 6) is 0.711. The number of hydrogen-bond donors (Lipinski definition) is 1. The summed E-state index contributed by atoms with van der Waals surface area (Å²) in [4.78, 5) is 0.290. The van der Waals surface area contributed by atoms with Crippen molar-refractivity contribution in [3.8, 4) is 5.75 Å². The zero-order chi connectivity index (χ0) is 16.4. The number of rotatable bonds is 11. The van der Waals surface area contributed by atoms with Crippen LogP contribution in [0.4, 0.5) is 0 Å². The summed E-state index contributed by atoms with van der Waals surface area (Å²) in [6, 6.07) is 6.58. The van der Waals surface area contributed by atoms with Gasteiger partial charge in [-0.15, -0.1) is 0 Å². The Morgan fingerprint density at radius 3 is 2.27 bits per heavy atom. The first-order valence-corrected chi connectivity index (χ1v) is 9.73. The molecule has 22 heavy (non-hydrogen) atoms. The molecule has 5 heteroatoms. The van der Waals surface area contributed by atoms with Crippen molar-refractivity contribution in [3.63, 3.8) is 0 Å². The lowest BCUT2D eigenvalue weighted by Crippen LogP contribution is -2.32. The van der Waals surface area contributed by atoms with E-state index in [9.17, 15) is 8.42 Å². The first-order valence-electron chi connectivity index (χ1n) is 8.24. The van der Waals surface area contributed by atoms with Crippen molar-refractivity contribution in [3.05, 3.63) is 24.3 Å². The Morgan fingerprint density at radius 2 is 1.68 bits per heavy atom. The normalized spacial score (nSPS) is 13.0. The van der Waals surface area contributed by atoms with Crippen LogP contribution < -0.4 is 9.46 Å². The quantitative estimate of drug-likeness (QED) is 0.622. The van der Waals surface area contributed by atoms with Crippen LogP contribution in [-0.2, 0) is 10.0 Å². The summed E-state index contributed by atoms with van der Waals surface area (Å²) in [7, 11) is -3.44. The third kappa shape index (κ3) is 6.79. The SMILES string of the molecule is CCCCCC(C)NS(=O)(=O)c1ccc(OCCCC)cc1. The van der Waals surface area contributed by atoms with Crippen molar-refractivity contribution in [2.45, 2.75) is 70.2 Å².